The van der Waals surface area contributed by atoms with Gasteiger partial charge in [-0.05, 0) is 56.8 Å². The average Bonchev–Trinajstić information content (AvgIpc) is 2.95. The lowest BCUT2D eigenvalue weighted by Crippen LogP contribution is -2.30. The number of hydrogen-bond acceptors (Lipinski definition) is 4. The third-order valence-corrected chi connectivity index (χ3v) is 5.02. The first kappa shape index (κ1) is 14.2. The van der Waals surface area contributed by atoms with Gasteiger partial charge in [0.2, 0.25) is 0 Å². The van der Waals surface area contributed by atoms with Gasteiger partial charge >= 0.3 is 0 Å². The zero-order chi connectivity index (χ0) is 14.8. The minimum atomic E-state index is 0.518. The zero-order valence-corrected chi connectivity index (χ0v) is 13.0. The molecule has 2 aliphatic heterocycles. The predicted octanol–water partition coefficient (Wildman–Crippen LogP) is 2.32. The van der Waals surface area contributed by atoms with Gasteiger partial charge in [-0.25, -0.2) is 9.97 Å². The average molecular weight is 300 g/mol. The van der Waals surface area contributed by atoms with E-state index in [1.54, 1.807) is 0 Å². The third kappa shape index (κ3) is 2.75. The van der Waals surface area contributed by atoms with Crippen LogP contribution in [0.3, 0.4) is 0 Å². The molecule has 2 aliphatic rings. The molecule has 0 unspecified atom stereocenters. The smallest absolute Gasteiger partial charge is 0.159 e. The second kappa shape index (κ2) is 6.34. The van der Waals surface area contributed by atoms with Crippen molar-refractivity contribution in [3.63, 3.8) is 0 Å². The van der Waals surface area contributed by atoms with Crippen molar-refractivity contribution < 1.29 is 4.74 Å². The summed E-state index contributed by atoms with van der Waals surface area (Å²) in [5.41, 5.74) is 2.10. The first-order chi connectivity index (χ1) is 10.9. The minimum absolute atomic E-state index is 0.518. The Balaban J connectivity index is 1.69. The molecule has 1 N–H and O–H groups in total. The molecule has 0 spiro atoms. The Kier molecular flexibility index (Phi) is 4.08. The fourth-order valence-electron chi connectivity index (χ4n) is 3.75. The number of pyridine rings is 1. The third-order valence-electron chi connectivity index (χ3n) is 5.02. The molecule has 0 atom stereocenters. The first-order valence-electron chi connectivity index (χ1n) is 8.51. The van der Waals surface area contributed by atoms with Crippen molar-refractivity contribution in [3.05, 3.63) is 24.2 Å². The van der Waals surface area contributed by atoms with E-state index in [0.717, 1.165) is 62.8 Å². The quantitative estimate of drug-likeness (QED) is 0.945. The van der Waals surface area contributed by atoms with E-state index in [-0.39, 0.29) is 0 Å². The molecule has 2 fully saturated rings. The molecule has 0 amide bonds. The van der Waals surface area contributed by atoms with Crippen LogP contribution in [-0.2, 0) is 11.3 Å². The molecule has 0 bridgehead atoms. The Bertz CT molecular complexity index is 627. The summed E-state index contributed by atoms with van der Waals surface area (Å²) in [6.07, 6.45) is 6.54. The molecular weight excluding hydrogens is 276 g/mol. The molecule has 0 saturated carbocycles. The molecular formula is C17H24N4O. The topological polar surface area (TPSA) is 52.0 Å². The van der Waals surface area contributed by atoms with Gasteiger partial charge < -0.3 is 14.6 Å². The number of hydrogen-bond donors (Lipinski definition) is 1. The Morgan fingerprint density at radius 2 is 2.00 bits per heavy atom. The molecule has 0 aromatic carbocycles. The summed E-state index contributed by atoms with van der Waals surface area (Å²) in [6, 6.07) is 4.07. The number of nitrogens with zero attached hydrogens (tertiary/aromatic N) is 3. The number of fused-ring (bicyclic) bond motifs is 1. The van der Waals surface area contributed by atoms with Crippen molar-refractivity contribution >= 4 is 11.2 Å². The maximum absolute atomic E-state index is 5.52. The maximum atomic E-state index is 5.52. The van der Waals surface area contributed by atoms with E-state index in [1.165, 1.54) is 18.7 Å². The molecule has 2 aromatic heterocycles. The highest BCUT2D eigenvalue weighted by Crippen LogP contribution is 2.30. The van der Waals surface area contributed by atoms with Gasteiger partial charge in [-0.15, -0.1) is 0 Å². The van der Waals surface area contributed by atoms with Gasteiger partial charge in [0.15, 0.2) is 5.65 Å². The molecule has 2 aromatic rings. The molecule has 118 valence electrons. The van der Waals surface area contributed by atoms with E-state index >= 15 is 0 Å². The van der Waals surface area contributed by atoms with Crippen LogP contribution >= 0.6 is 0 Å². The van der Waals surface area contributed by atoms with Crippen molar-refractivity contribution in [1.29, 1.82) is 0 Å². The summed E-state index contributed by atoms with van der Waals surface area (Å²) in [6.45, 7) is 5.04. The largest absolute Gasteiger partial charge is 0.381 e. The van der Waals surface area contributed by atoms with Crippen LogP contribution < -0.4 is 5.32 Å². The molecule has 0 aliphatic carbocycles. The molecule has 4 rings (SSSR count). The van der Waals surface area contributed by atoms with Crippen LogP contribution in [-0.4, -0.2) is 40.8 Å². The number of nitrogens with one attached hydrogen (secondary N) is 1. The fourth-order valence-corrected chi connectivity index (χ4v) is 3.75. The molecule has 5 heteroatoms. The molecule has 22 heavy (non-hydrogen) atoms. The highest BCUT2D eigenvalue weighted by molar-refractivity contribution is 5.71. The van der Waals surface area contributed by atoms with Gasteiger partial charge in [-0.2, -0.15) is 0 Å². The predicted molar refractivity (Wildman–Crippen MR) is 85.9 cm³/mol. The van der Waals surface area contributed by atoms with E-state index in [4.69, 9.17) is 9.72 Å². The lowest BCUT2D eigenvalue weighted by atomic mass is 9.96. The van der Waals surface area contributed by atoms with Crippen LogP contribution in [0.5, 0.6) is 0 Å². The van der Waals surface area contributed by atoms with E-state index in [9.17, 15) is 0 Å². The Hall–Kier alpha value is -1.46. The number of aromatic nitrogens is 3. The molecule has 0 radical (unpaired) electrons. The maximum Gasteiger partial charge on any atom is 0.159 e. The van der Waals surface area contributed by atoms with Crippen LogP contribution in [0.1, 0.15) is 37.4 Å². The van der Waals surface area contributed by atoms with Gasteiger partial charge in [0, 0.05) is 31.9 Å². The van der Waals surface area contributed by atoms with E-state index in [2.05, 4.69) is 20.9 Å². The van der Waals surface area contributed by atoms with E-state index < -0.39 is 0 Å². The first-order valence-corrected chi connectivity index (χ1v) is 8.51. The van der Waals surface area contributed by atoms with Crippen molar-refractivity contribution in [3.8, 4) is 0 Å². The highest BCUT2D eigenvalue weighted by atomic mass is 16.5. The monoisotopic (exact) mass is 300 g/mol. The normalized spacial score (nSPS) is 21.5. The van der Waals surface area contributed by atoms with Gasteiger partial charge in [-0.3, -0.25) is 0 Å². The summed E-state index contributed by atoms with van der Waals surface area (Å²) < 4.78 is 7.93. The Morgan fingerprint density at radius 3 is 2.82 bits per heavy atom. The van der Waals surface area contributed by atoms with Crippen molar-refractivity contribution in [2.24, 2.45) is 5.92 Å². The number of ether oxygens (including phenoxy) is 1. The van der Waals surface area contributed by atoms with E-state index in [1.807, 2.05) is 12.3 Å². The van der Waals surface area contributed by atoms with Crippen LogP contribution in [0.25, 0.3) is 11.2 Å². The van der Waals surface area contributed by atoms with Gasteiger partial charge in [0.25, 0.3) is 0 Å². The van der Waals surface area contributed by atoms with Gasteiger partial charge in [-0.1, -0.05) is 0 Å². The van der Waals surface area contributed by atoms with Crippen LogP contribution in [0.15, 0.2) is 18.3 Å². The van der Waals surface area contributed by atoms with Crippen molar-refractivity contribution in [2.45, 2.75) is 38.1 Å². The lowest BCUT2D eigenvalue weighted by Gasteiger charge is -2.26. The van der Waals surface area contributed by atoms with Crippen LogP contribution in [0.2, 0.25) is 0 Å². The SMILES string of the molecule is c1cnc2c(c1)nc(C1CCOCC1)n2CC1CCNCC1. The Morgan fingerprint density at radius 1 is 1.18 bits per heavy atom. The summed E-state index contributed by atoms with van der Waals surface area (Å²) in [7, 11) is 0. The Labute approximate surface area is 131 Å². The van der Waals surface area contributed by atoms with Gasteiger partial charge in [0.1, 0.15) is 11.3 Å². The number of rotatable bonds is 3. The van der Waals surface area contributed by atoms with Crippen molar-refractivity contribution in [1.82, 2.24) is 19.9 Å². The van der Waals surface area contributed by atoms with Crippen LogP contribution in [0, 0.1) is 5.92 Å². The lowest BCUT2D eigenvalue weighted by molar-refractivity contribution is 0.0826. The second-order valence-corrected chi connectivity index (χ2v) is 6.51. The summed E-state index contributed by atoms with van der Waals surface area (Å²) >= 11 is 0. The summed E-state index contributed by atoms with van der Waals surface area (Å²) in [5, 5.41) is 3.45. The molecule has 2 saturated heterocycles. The minimum Gasteiger partial charge on any atom is -0.381 e. The summed E-state index contributed by atoms with van der Waals surface area (Å²) in [4.78, 5) is 9.55. The van der Waals surface area contributed by atoms with Crippen LogP contribution in [0.4, 0.5) is 0 Å². The standard InChI is InChI=1S/C17H24N4O/c1-2-15-17(19-7-1)21(12-13-3-8-18-9-4-13)16(20-15)14-5-10-22-11-6-14/h1-2,7,13-14,18H,3-6,8-12H2. The molecule has 5 nitrogen and oxygen atoms in total. The molecule has 4 heterocycles. The van der Waals surface area contributed by atoms with Gasteiger partial charge in [0.05, 0.1) is 0 Å². The fraction of sp³-hybridized carbons (Fsp3) is 0.647. The second-order valence-electron chi connectivity index (χ2n) is 6.51. The summed E-state index contributed by atoms with van der Waals surface area (Å²) in [5.74, 6) is 2.49. The van der Waals surface area contributed by atoms with Crippen molar-refractivity contribution in [2.75, 3.05) is 26.3 Å². The zero-order valence-electron chi connectivity index (χ0n) is 13.0. The number of piperidine rings is 1. The highest BCUT2D eigenvalue weighted by Gasteiger charge is 2.25. The van der Waals surface area contributed by atoms with E-state index in [0.29, 0.717) is 5.92 Å². The number of imidazole rings is 1.